The zero-order valence-electron chi connectivity index (χ0n) is 8.35. The van der Waals surface area contributed by atoms with E-state index in [1.54, 1.807) is 0 Å². The molecule has 1 saturated carbocycles. The first kappa shape index (κ1) is 11.2. The van der Waals surface area contributed by atoms with Gasteiger partial charge in [0, 0.05) is 5.02 Å². The molecule has 0 aromatic heterocycles. The smallest absolute Gasteiger partial charge is 0.314 e. The Bertz CT molecular complexity index is 438. The van der Waals surface area contributed by atoms with Crippen molar-refractivity contribution in [2.75, 3.05) is 0 Å². The standard InChI is InChI=1S/C11H11ClO4/c12-9-3-6(13)1-2-8(9)11(10(15)16)4-7(14)5-11/h1-3,7,13-14H,4-5H2,(H,15,16). The van der Waals surface area contributed by atoms with Gasteiger partial charge >= 0.3 is 5.97 Å². The highest BCUT2D eigenvalue weighted by Crippen LogP contribution is 2.47. The molecule has 4 nitrogen and oxygen atoms in total. The highest BCUT2D eigenvalue weighted by Gasteiger charge is 2.52. The maximum Gasteiger partial charge on any atom is 0.314 e. The largest absolute Gasteiger partial charge is 0.508 e. The van der Waals surface area contributed by atoms with Crippen molar-refractivity contribution < 1.29 is 20.1 Å². The number of carbonyl (C=O) groups is 1. The Kier molecular flexibility index (Phi) is 2.56. The van der Waals surface area contributed by atoms with Crippen molar-refractivity contribution in [1.82, 2.24) is 0 Å². The molecule has 2 rings (SSSR count). The van der Waals surface area contributed by atoms with Gasteiger partial charge in [0.25, 0.3) is 0 Å². The molecule has 86 valence electrons. The second-order valence-corrected chi connectivity index (χ2v) is 4.52. The van der Waals surface area contributed by atoms with Crippen molar-refractivity contribution in [1.29, 1.82) is 0 Å². The van der Waals surface area contributed by atoms with Gasteiger partial charge in [-0.25, -0.2) is 0 Å². The number of phenols is 1. The van der Waals surface area contributed by atoms with Crippen LogP contribution in [-0.4, -0.2) is 27.4 Å². The number of aromatic hydroxyl groups is 1. The fourth-order valence-corrected chi connectivity index (χ4v) is 2.50. The number of carboxylic acids is 1. The lowest BCUT2D eigenvalue weighted by Crippen LogP contribution is -2.50. The number of phenolic OH excluding ortho intramolecular Hbond substituents is 1. The summed E-state index contributed by atoms with van der Waals surface area (Å²) in [4.78, 5) is 11.3. The number of aliphatic hydroxyl groups is 1. The van der Waals surface area contributed by atoms with E-state index in [1.165, 1.54) is 18.2 Å². The minimum absolute atomic E-state index is 0.00541. The molecule has 0 bridgehead atoms. The SMILES string of the molecule is O=C(O)C1(c2ccc(O)cc2Cl)CC(O)C1. The molecule has 0 unspecified atom stereocenters. The maximum atomic E-state index is 11.3. The third-order valence-electron chi connectivity index (χ3n) is 3.05. The lowest BCUT2D eigenvalue weighted by Gasteiger charge is -2.42. The van der Waals surface area contributed by atoms with Crippen LogP contribution in [0.1, 0.15) is 18.4 Å². The van der Waals surface area contributed by atoms with Gasteiger partial charge in [-0.2, -0.15) is 0 Å². The van der Waals surface area contributed by atoms with E-state index in [0.717, 1.165) is 0 Å². The van der Waals surface area contributed by atoms with Gasteiger partial charge in [0.2, 0.25) is 0 Å². The molecule has 0 atom stereocenters. The lowest BCUT2D eigenvalue weighted by molar-refractivity contribution is -0.152. The third-order valence-corrected chi connectivity index (χ3v) is 3.36. The van der Waals surface area contributed by atoms with Gasteiger partial charge in [0.1, 0.15) is 5.75 Å². The highest BCUT2D eigenvalue weighted by atomic mass is 35.5. The molecule has 5 heteroatoms. The second kappa shape index (κ2) is 3.64. The van der Waals surface area contributed by atoms with Crippen molar-refractivity contribution in [3.05, 3.63) is 28.8 Å². The van der Waals surface area contributed by atoms with E-state index in [-0.39, 0.29) is 23.6 Å². The molecule has 1 aliphatic carbocycles. The van der Waals surface area contributed by atoms with E-state index in [1.807, 2.05) is 0 Å². The normalized spacial score (nSPS) is 28.5. The summed E-state index contributed by atoms with van der Waals surface area (Å²) < 4.78 is 0. The van der Waals surface area contributed by atoms with Crippen molar-refractivity contribution in [2.24, 2.45) is 0 Å². The fraction of sp³-hybridized carbons (Fsp3) is 0.364. The quantitative estimate of drug-likeness (QED) is 0.735. The Morgan fingerprint density at radius 1 is 1.44 bits per heavy atom. The Labute approximate surface area is 97.1 Å². The summed E-state index contributed by atoms with van der Waals surface area (Å²) in [6, 6.07) is 4.21. The van der Waals surface area contributed by atoms with Gasteiger partial charge in [-0.05, 0) is 30.5 Å². The molecule has 0 amide bonds. The van der Waals surface area contributed by atoms with Gasteiger partial charge in [0.05, 0.1) is 11.5 Å². The molecule has 0 saturated heterocycles. The molecule has 0 heterocycles. The number of hydrogen-bond acceptors (Lipinski definition) is 3. The van der Waals surface area contributed by atoms with Gasteiger partial charge < -0.3 is 15.3 Å². The molecule has 16 heavy (non-hydrogen) atoms. The number of aliphatic carboxylic acids is 1. The van der Waals surface area contributed by atoms with E-state index in [2.05, 4.69) is 0 Å². The van der Waals surface area contributed by atoms with Crippen LogP contribution in [0.4, 0.5) is 0 Å². The molecular weight excluding hydrogens is 232 g/mol. The van der Waals surface area contributed by atoms with Crippen molar-refractivity contribution in [3.8, 4) is 5.75 Å². The van der Waals surface area contributed by atoms with E-state index in [0.29, 0.717) is 5.56 Å². The summed E-state index contributed by atoms with van der Waals surface area (Å²) in [6.07, 6.45) is -0.277. The number of benzene rings is 1. The number of carboxylic acid groups (broad SMARTS) is 1. The number of aliphatic hydroxyl groups excluding tert-OH is 1. The topological polar surface area (TPSA) is 77.8 Å². The van der Waals surface area contributed by atoms with Gasteiger partial charge in [0.15, 0.2) is 0 Å². The van der Waals surface area contributed by atoms with Crippen LogP contribution in [0.25, 0.3) is 0 Å². The third kappa shape index (κ3) is 1.54. The lowest BCUT2D eigenvalue weighted by atomic mass is 9.62. The van der Waals surface area contributed by atoms with E-state index >= 15 is 0 Å². The predicted molar refractivity (Wildman–Crippen MR) is 57.7 cm³/mol. The van der Waals surface area contributed by atoms with Crippen LogP contribution in [0, 0.1) is 0 Å². The van der Waals surface area contributed by atoms with E-state index in [4.69, 9.17) is 11.6 Å². The highest BCUT2D eigenvalue weighted by molar-refractivity contribution is 6.32. The molecular formula is C11H11ClO4. The molecule has 0 aliphatic heterocycles. The summed E-state index contributed by atoms with van der Waals surface area (Å²) in [5.74, 6) is -1.00. The summed E-state index contributed by atoms with van der Waals surface area (Å²) in [6.45, 7) is 0. The summed E-state index contributed by atoms with van der Waals surface area (Å²) in [5.41, 5.74) is -0.658. The van der Waals surface area contributed by atoms with E-state index in [9.17, 15) is 20.1 Å². The summed E-state index contributed by atoms with van der Waals surface area (Å²) >= 11 is 5.91. The van der Waals surface area contributed by atoms with Crippen molar-refractivity contribution >= 4 is 17.6 Å². The second-order valence-electron chi connectivity index (χ2n) is 4.11. The van der Waals surface area contributed by atoms with Gasteiger partial charge in [-0.3, -0.25) is 4.79 Å². The first-order valence-electron chi connectivity index (χ1n) is 4.86. The molecule has 1 aliphatic rings. The van der Waals surface area contributed by atoms with Crippen LogP contribution in [-0.2, 0) is 10.2 Å². The van der Waals surface area contributed by atoms with Crippen molar-refractivity contribution in [3.63, 3.8) is 0 Å². The zero-order valence-corrected chi connectivity index (χ0v) is 9.11. The molecule has 1 fully saturated rings. The van der Waals surface area contributed by atoms with E-state index < -0.39 is 17.5 Å². The van der Waals surface area contributed by atoms with Crippen LogP contribution in [0.2, 0.25) is 5.02 Å². The number of rotatable bonds is 2. The van der Waals surface area contributed by atoms with Crippen LogP contribution >= 0.6 is 11.6 Å². The summed E-state index contributed by atoms with van der Waals surface area (Å²) in [5, 5.41) is 27.9. The Morgan fingerprint density at radius 3 is 2.50 bits per heavy atom. The minimum Gasteiger partial charge on any atom is -0.508 e. The molecule has 1 aromatic rings. The average Bonchev–Trinajstić information content (AvgIpc) is 2.12. The fourth-order valence-electron chi connectivity index (χ4n) is 2.15. The van der Waals surface area contributed by atoms with Crippen LogP contribution < -0.4 is 0 Å². The van der Waals surface area contributed by atoms with Crippen LogP contribution in [0.5, 0.6) is 5.75 Å². The Balaban J connectivity index is 2.45. The molecule has 0 radical (unpaired) electrons. The monoisotopic (exact) mass is 242 g/mol. The Morgan fingerprint density at radius 2 is 2.06 bits per heavy atom. The van der Waals surface area contributed by atoms with Gasteiger partial charge in [-0.1, -0.05) is 17.7 Å². The van der Waals surface area contributed by atoms with Gasteiger partial charge in [-0.15, -0.1) is 0 Å². The molecule has 3 N–H and O–H groups in total. The minimum atomic E-state index is -1.11. The number of halogens is 1. The van der Waals surface area contributed by atoms with Crippen LogP contribution in [0.3, 0.4) is 0 Å². The average molecular weight is 243 g/mol. The van der Waals surface area contributed by atoms with Crippen molar-refractivity contribution in [2.45, 2.75) is 24.4 Å². The molecule has 1 aromatic carbocycles. The first-order valence-corrected chi connectivity index (χ1v) is 5.24. The maximum absolute atomic E-state index is 11.3. The zero-order chi connectivity index (χ0) is 11.9. The summed E-state index contributed by atoms with van der Waals surface area (Å²) in [7, 11) is 0. The first-order chi connectivity index (χ1) is 7.45. The predicted octanol–water partition coefficient (Wildman–Crippen LogP) is 1.52. The Hall–Kier alpha value is -1.26. The number of hydrogen-bond donors (Lipinski definition) is 3. The molecule has 0 spiro atoms. The van der Waals surface area contributed by atoms with Crippen LogP contribution in [0.15, 0.2) is 18.2 Å².